The largest absolute Gasteiger partial charge is 0.138 e. The van der Waals surface area contributed by atoms with E-state index < -0.39 is 0 Å². The summed E-state index contributed by atoms with van der Waals surface area (Å²) in [5.74, 6) is 0. The Hall–Kier alpha value is -0.170. The highest BCUT2D eigenvalue weighted by atomic mass is 32.2. The van der Waals surface area contributed by atoms with Crippen molar-refractivity contribution in [3.05, 3.63) is 24.1 Å². The van der Waals surface area contributed by atoms with E-state index in [1.807, 2.05) is 31.6 Å². The standard InChI is InChI=1S/C4H8S.C3H6/c1-3-4-5-2;1-3-2/h3-4H,1-2H3;3H,1H2,2H3/b4-3-;. The van der Waals surface area contributed by atoms with Crippen LogP contribution in [0.2, 0.25) is 0 Å². The van der Waals surface area contributed by atoms with Crippen molar-refractivity contribution in [1.29, 1.82) is 0 Å². The zero-order valence-corrected chi connectivity index (χ0v) is 6.66. The van der Waals surface area contributed by atoms with Gasteiger partial charge in [0.15, 0.2) is 0 Å². The van der Waals surface area contributed by atoms with Crippen LogP contribution in [0.4, 0.5) is 0 Å². The summed E-state index contributed by atoms with van der Waals surface area (Å²) < 4.78 is 0. The van der Waals surface area contributed by atoms with E-state index >= 15 is 0 Å². The van der Waals surface area contributed by atoms with Crippen molar-refractivity contribution in [2.75, 3.05) is 6.26 Å². The topological polar surface area (TPSA) is 0 Å². The molecule has 0 saturated heterocycles. The third kappa shape index (κ3) is 40.6. The molecule has 0 spiro atoms. The van der Waals surface area contributed by atoms with Gasteiger partial charge in [0.2, 0.25) is 0 Å². The Labute approximate surface area is 56.7 Å². The predicted molar refractivity (Wildman–Crippen MR) is 44.2 cm³/mol. The normalized spacial score (nSPS) is 7.88. The van der Waals surface area contributed by atoms with E-state index in [-0.39, 0.29) is 0 Å². The molecule has 0 rings (SSSR count). The van der Waals surface area contributed by atoms with Gasteiger partial charge in [-0.3, -0.25) is 0 Å². The minimum Gasteiger partial charge on any atom is -0.138 e. The van der Waals surface area contributed by atoms with Gasteiger partial charge in [-0.25, -0.2) is 0 Å². The molecule has 0 unspecified atom stereocenters. The highest BCUT2D eigenvalue weighted by Crippen LogP contribution is 1.89. The summed E-state index contributed by atoms with van der Waals surface area (Å²) >= 11 is 1.72. The van der Waals surface area contributed by atoms with Crippen LogP contribution >= 0.6 is 11.8 Å². The first-order valence-corrected chi connectivity index (χ1v) is 3.83. The van der Waals surface area contributed by atoms with Crippen LogP contribution in [-0.4, -0.2) is 6.26 Å². The Morgan fingerprint density at radius 2 is 1.75 bits per heavy atom. The fourth-order valence-electron chi connectivity index (χ4n) is 0.136. The minimum atomic E-state index is 1.72. The fraction of sp³-hybridized carbons (Fsp3) is 0.429. The van der Waals surface area contributed by atoms with Gasteiger partial charge in [0.25, 0.3) is 0 Å². The predicted octanol–water partition coefficient (Wildman–Crippen LogP) is 3.08. The van der Waals surface area contributed by atoms with Crippen molar-refractivity contribution in [2.45, 2.75) is 13.8 Å². The SMILES string of the molecule is C/C=C\SC.C=CC. The Balaban J connectivity index is 0. The maximum absolute atomic E-state index is 3.36. The van der Waals surface area contributed by atoms with Crippen molar-refractivity contribution >= 4 is 11.8 Å². The Morgan fingerprint density at radius 1 is 1.38 bits per heavy atom. The monoisotopic (exact) mass is 130 g/mol. The molecular formula is C7H14S. The summed E-state index contributed by atoms with van der Waals surface area (Å²) in [4.78, 5) is 0. The van der Waals surface area contributed by atoms with Gasteiger partial charge in [-0.1, -0.05) is 12.2 Å². The smallest absolute Gasteiger partial charge is 0.0142 e. The van der Waals surface area contributed by atoms with Gasteiger partial charge in [0.1, 0.15) is 0 Å². The molecule has 0 heterocycles. The molecule has 0 atom stereocenters. The molecule has 0 fully saturated rings. The van der Waals surface area contributed by atoms with Crippen LogP contribution in [-0.2, 0) is 0 Å². The average molecular weight is 130 g/mol. The van der Waals surface area contributed by atoms with E-state index in [0.29, 0.717) is 0 Å². The van der Waals surface area contributed by atoms with Gasteiger partial charge in [0, 0.05) is 0 Å². The first kappa shape index (κ1) is 10.7. The van der Waals surface area contributed by atoms with E-state index in [1.165, 1.54) is 0 Å². The average Bonchev–Trinajstić information content (AvgIpc) is 1.71. The van der Waals surface area contributed by atoms with Crippen molar-refractivity contribution in [2.24, 2.45) is 0 Å². The molecule has 0 aromatic rings. The van der Waals surface area contributed by atoms with Gasteiger partial charge < -0.3 is 0 Å². The lowest BCUT2D eigenvalue weighted by Gasteiger charge is -1.66. The highest BCUT2D eigenvalue weighted by Gasteiger charge is 1.51. The van der Waals surface area contributed by atoms with Gasteiger partial charge in [-0.15, -0.1) is 18.3 Å². The molecule has 8 heavy (non-hydrogen) atoms. The van der Waals surface area contributed by atoms with Crippen LogP contribution in [0, 0.1) is 0 Å². The van der Waals surface area contributed by atoms with Crippen molar-refractivity contribution in [3.63, 3.8) is 0 Å². The van der Waals surface area contributed by atoms with Crippen LogP contribution in [0.25, 0.3) is 0 Å². The van der Waals surface area contributed by atoms with Crippen molar-refractivity contribution in [1.82, 2.24) is 0 Å². The summed E-state index contributed by atoms with van der Waals surface area (Å²) in [7, 11) is 0. The third-order valence-corrected chi connectivity index (χ3v) is 0.816. The van der Waals surface area contributed by atoms with Crippen LogP contribution < -0.4 is 0 Å². The van der Waals surface area contributed by atoms with E-state index in [0.717, 1.165) is 0 Å². The van der Waals surface area contributed by atoms with Crippen LogP contribution in [0.5, 0.6) is 0 Å². The number of rotatable bonds is 1. The Kier molecular flexibility index (Phi) is 21.3. The lowest BCUT2D eigenvalue weighted by molar-refractivity contribution is 1.79. The summed E-state index contributed by atoms with van der Waals surface area (Å²) in [5, 5.41) is 2.04. The van der Waals surface area contributed by atoms with Crippen LogP contribution in [0.3, 0.4) is 0 Å². The lowest BCUT2D eigenvalue weighted by Crippen LogP contribution is -1.34. The third-order valence-electron chi connectivity index (χ3n) is 0.272. The molecule has 0 saturated carbocycles. The first-order valence-electron chi connectivity index (χ1n) is 2.54. The molecule has 0 aromatic heterocycles. The maximum atomic E-state index is 3.36. The van der Waals surface area contributed by atoms with E-state index in [9.17, 15) is 0 Å². The number of hydrogen-bond acceptors (Lipinski definition) is 1. The maximum Gasteiger partial charge on any atom is -0.0142 e. The fourth-order valence-corrected chi connectivity index (χ4v) is 0.408. The second-order valence-corrected chi connectivity index (χ2v) is 1.86. The Bertz CT molecular complexity index is 55.4. The molecule has 0 nitrogen and oxygen atoms in total. The van der Waals surface area contributed by atoms with Crippen molar-refractivity contribution in [3.8, 4) is 0 Å². The van der Waals surface area contributed by atoms with Crippen molar-refractivity contribution < 1.29 is 0 Å². The van der Waals surface area contributed by atoms with E-state index in [4.69, 9.17) is 0 Å². The zero-order chi connectivity index (χ0) is 6.83. The zero-order valence-electron chi connectivity index (χ0n) is 5.85. The van der Waals surface area contributed by atoms with Gasteiger partial charge in [-0.2, -0.15) is 0 Å². The van der Waals surface area contributed by atoms with Gasteiger partial charge in [-0.05, 0) is 25.5 Å². The minimum absolute atomic E-state index is 1.72. The number of allylic oxidation sites excluding steroid dienone is 2. The molecule has 0 bridgehead atoms. The summed E-state index contributed by atoms with van der Waals surface area (Å²) in [6, 6.07) is 0. The van der Waals surface area contributed by atoms with Gasteiger partial charge >= 0.3 is 0 Å². The molecule has 1 heteroatoms. The molecule has 48 valence electrons. The van der Waals surface area contributed by atoms with Crippen LogP contribution in [0.1, 0.15) is 13.8 Å². The summed E-state index contributed by atoms with van der Waals surface area (Å²) in [6.07, 6.45) is 5.81. The molecule has 0 aliphatic rings. The molecule has 0 aromatic carbocycles. The quantitative estimate of drug-likeness (QED) is 0.491. The summed E-state index contributed by atoms with van der Waals surface area (Å²) in [5.41, 5.74) is 0. The molecule has 0 amide bonds. The second kappa shape index (κ2) is 15.8. The number of hydrogen-bond donors (Lipinski definition) is 0. The van der Waals surface area contributed by atoms with Crippen LogP contribution in [0.15, 0.2) is 24.1 Å². The first-order chi connectivity index (χ1) is 3.83. The van der Waals surface area contributed by atoms with E-state index in [2.05, 4.69) is 6.58 Å². The molecule has 0 aliphatic carbocycles. The molecule has 0 aliphatic heterocycles. The second-order valence-electron chi connectivity index (χ2n) is 1.11. The molecule has 0 radical (unpaired) electrons. The summed E-state index contributed by atoms with van der Waals surface area (Å²) in [6.45, 7) is 7.26. The highest BCUT2D eigenvalue weighted by molar-refractivity contribution is 8.01. The lowest BCUT2D eigenvalue weighted by atomic mass is 10.8. The van der Waals surface area contributed by atoms with E-state index in [1.54, 1.807) is 17.8 Å². The Morgan fingerprint density at radius 3 is 1.75 bits per heavy atom. The number of thioether (sulfide) groups is 1. The molecule has 0 N–H and O–H groups in total. The molecular weight excluding hydrogens is 116 g/mol. The van der Waals surface area contributed by atoms with Gasteiger partial charge in [0.05, 0.1) is 0 Å².